The summed E-state index contributed by atoms with van der Waals surface area (Å²) in [6.07, 6.45) is -1.28. The van der Waals surface area contributed by atoms with Gasteiger partial charge in [-0.15, -0.1) is 0 Å². The van der Waals surface area contributed by atoms with Crippen molar-refractivity contribution >= 4 is 5.97 Å². The van der Waals surface area contributed by atoms with Gasteiger partial charge in [-0.05, 0) is 12.5 Å². The predicted molar refractivity (Wildman–Crippen MR) is 52.6 cm³/mol. The average Bonchev–Trinajstić information content (AvgIpc) is 2.17. The minimum atomic E-state index is -0.764. The van der Waals surface area contributed by atoms with Gasteiger partial charge in [0.2, 0.25) is 0 Å². The Morgan fingerprint density at radius 3 is 2.43 bits per heavy atom. The van der Waals surface area contributed by atoms with Gasteiger partial charge in [-0.2, -0.15) is 0 Å². The van der Waals surface area contributed by atoms with Gasteiger partial charge in [0, 0.05) is 6.92 Å². The van der Waals surface area contributed by atoms with Crippen molar-refractivity contribution in [3.05, 3.63) is 35.9 Å². The predicted octanol–water partition coefficient (Wildman–Crippen LogP) is 1.67. The summed E-state index contributed by atoms with van der Waals surface area (Å²) < 4.78 is 4.88. The van der Waals surface area contributed by atoms with E-state index in [-0.39, 0.29) is 5.97 Å². The largest absolute Gasteiger partial charge is 0.460 e. The van der Waals surface area contributed by atoms with Crippen molar-refractivity contribution in [2.75, 3.05) is 0 Å². The zero-order valence-electron chi connectivity index (χ0n) is 8.31. The second kappa shape index (κ2) is 4.77. The maximum Gasteiger partial charge on any atom is 0.302 e. The number of rotatable bonds is 3. The first-order chi connectivity index (χ1) is 6.61. The molecule has 0 spiro atoms. The van der Waals surface area contributed by atoms with Crippen LogP contribution in [0.3, 0.4) is 0 Å². The van der Waals surface area contributed by atoms with Crippen LogP contribution in [-0.2, 0) is 9.53 Å². The van der Waals surface area contributed by atoms with E-state index in [0.717, 1.165) is 5.56 Å². The highest BCUT2D eigenvalue weighted by molar-refractivity contribution is 5.66. The SMILES string of the molecule is CC(=O)O[C@@H](C)[C@@H](O)c1ccccc1. The van der Waals surface area contributed by atoms with Gasteiger partial charge >= 0.3 is 5.97 Å². The fourth-order valence-corrected chi connectivity index (χ4v) is 1.25. The maximum absolute atomic E-state index is 10.7. The van der Waals surface area contributed by atoms with Crippen molar-refractivity contribution in [1.82, 2.24) is 0 Å². The van der Waals surface area contributed by atoms with Crippen LogP contribution in [0.4, 0.5) is 0 Å². The molecule has 2 atom stereocenters. The summed E-state index contributed by atoms with van der Waals surface area (Å²) in [7, 11) is 0. The molecule has 0 amide bonds. The molecular formula is C11H14O3. The molecule has 0 aliphatic heterocycles. The first kappa shape index (κ1) is 10.7. The number of hydrogen-bond donors (Lipinski definition) is 1. The zero-order valence-corrected chi connectivity index (χ0v) is 8.31. The Hall–Kier alpha value is -1.35. The molecule has 0 unspecified atom stereocenters. The molecule has 1 aromatic carbocycles. The number of ether oxygens (including phenoxy) is 1. The van der Waals surface area contributed by atoms with Gasteiger partial charge in [-0.3, -0.25) is 4.79 Å². The number of carbonyl (C=O) groups is 1. The van der Waals surface area contributed by atoms with E-state index in [1.54, 1.807) is 19.1 Å². The highest BCUT2D eigenvalue weighted by atomic mass is 16.6. The van der Waals surface area contributed by atoms with Gasteiger partial charge in [0.1, 0.15) is 12.2 Å². The molecule has 0 saturated heterocycles. The van der Waals surface area contributed by atoms with Crippen LogP contribution in [0.5, 0.6) is 0 Å². The summed E-state index contributed by atoms with van der Waals surface area (Å²) in [5.74, 6) is -0.382. The third-order valence-corrected chi connectivity index (χ3v) is 1.94. The van der Waals surface area contributed by atoms with E-state index in [9.17, 15) is 9.90 Å². The summed E-state index contributed by atoms with van der Waals surface area (Å²) in [5, 5.41) is 9.76. The molecule has 1 aromatic rings. The zero-order chi connectivity index (χ0) is 10.6. The fourth-order valence-electron chi connectivity index (χ4n) is 1.25. The van der Waals surface area contributed by atoms with Crippen LogP contribution >= 0.6 is 0 Å². The summed E-state index contributed by atoms with van der Waals surface area (Å²) in [4.78, 5) is 10.7. The van der Waals surface area contributed by atoms with Crippen LogP contribution in [0, 0.1) is 0 Å². The lowest BCUT2D eigenvalue weighted by Gasteiger charge is -2.18. The van der Waals surface area contributed by atoms with Crippen molar-refractivity contribution in [2.24, 2.45) is 0 Å². The Kier molecular flexibility index (Phi) is 3.65. The molecule has 3 heteroatoms. The first-order valence-electron chi connectivity index (χ1n) is 4.51. The van der Waals surface area contributed by atoms with Gasteiger partial charge in [-0.25, -0.2) is 0 Å². The smallest absolute Gasteiger partial charge is 0.302 e. The monoisotopic (exact) mass is 194 g/mol. The molecule has 1 N–H and O–H groups in total. The number of esters is 1. The molecule has 0 aliphatic rings. The molecule has 0 bridgehead atoms. The van der Waals surface area contributed by atoms with Crippen LogP contribution < -0.4 is 0 Å². The van der Waals surface area contributed by atoms with Crippen LogP contribution in [0.15, 0.2) is 30.3 Å². The van der Waals surface area contributed by atoms with Crippen molar-refractivity contribution in [3.63, 3.8) is 0 Å². The van der Waals surface area contributed by atoms with Crippen LogP contribution in [0.1, 0.15) is 25.5 Å². The van der Waals surface area contributed by atoms with Gasteiger partial charge in [0.15, 0.2) is 0 Å². The van der Waals surface area contributed by atoms with E-state index in [2.05, 4.69) is 0 Å². The molecule has 0 radical (unpaired) electrons. The van der Waals surface area contributed by atoms with Crippen LogP contribution in [0.25, 0.3) is 0 Å². The Bertz CT molecular complexity index is 295. The molecule has 76 valence electrons. The van der Waals surface area contributed by atoms with E-state index in [4.69, 9.17) is 4.74 Å². The van der Waals surface area contributed by atoms with Crippen molar-refractivity contribution in [3.8, 4) is 0 Å². The maximum atomic E-state index is 10.7. The fraction of sp³-hybridized carbons (Fsp3) is 0.364. The van der Waals surface area contributed by atoms with E-state index in [0.29, 0.717) is 0 Å². The Morgan fingerprint density at radius 2 is 1.93 bits per heavy atom. The number of aliphatic hydroxyl groups excluding tert-OH is 1. The topological polar surface area (TPSA) is 46.5 Å². The normalized spacial score (nSPS) is 14.5. The van der Waals surface area contributed by atoms with Crippen LogP contribution in [0.2, 0.25) is 0 Å². The lowest BCUT2D eigenvalue weighted by Crippen LogP contribution is -2.20. The van der Waals surface area contributed by atoms with Crippen molar-refractivity contribution in [1.29, 1.82) is 0 Å². The molecule has 14 heavy (non-hydrogen) atoms. The molecule has 0 aliphatic carbocycles. The second-order valence-corrected chi connectivity index (χ2v) is 3.17. The van der Waals surface area contributed by atoms with Crippen molar-refractivity contribution in [2.45, 2.75) is 26.1 Å². The van der Waals surface area contributed by atoms with Crippen molar-refractivity contribution < 1.29 is 14.6 Å². The second-order valence-electron chi connectivity index (χ2n) is 3.17. The lowest BCUT2D eigenvalue weighted by molar-refractivity contribution is -0.151. The number of aliphatic hydroxyl groups is 1. The first-order valence-corrected chi connectivity index (χ1v) is 4.51. The summed E-state index contributed by atoms with van der Waals surface area (Å²) in [5.41, 5.74) is 0.751. The number of hydrogen-bond acceptors (Lipinski definition) is 3. The molecule has 0 heterocycles. The quantitative estimate of drug-likeness (QED) is 0.744. The average molecular weight is 194 g/mol. The molecule has 0 saturated carbocycles. The minimum Gasteiger partial charge on any atom is -0.460 e. The number of carbonyl (C=O) groups excluding carboxylic acids is 1. The minimum absolute atomic E-state index is 0.382. The lowest BCUT2D eigenvalue weighted by atomic mass is 10.1. The van der Waals surface area contributed by atoms with E-state index >= 15 is 0 Å². The highest BCUT2D eigenvalue weighted by Crippen LogP contribution is 2.18. The summed E-state index contributed by atoms with van der Waals surface area (Å²) in [6.45, 7) is 2.99. The van der Waals surface area contributed by atoms with E-state index in [1.807, 2.05) is 18.2 Å². The van der Waals surface area contributed by atoms with Gasteiger partial charge < -0.3 is 9.84 Å². The van der Waals surface area contributed by atoms with Gasteiger partial charge in [0.25, 0.3) is 0 Å². The number of benzene rings is 1. The van der Waals surface area contributed by atoms with E-state index in [1.165, 1.54) is 6.92 Å². The van der Waals surface area contributed by atoms with Gasteiger partial charge in [-0.1, -0.05) is 30.3 Å². The molecule has 0 fully saturated rings. The summed E-state index contributed by atoms with van der Waals surface area (Å²) in [6, 6.07) is 9.13. The highest BCUT2D eigenvalue weighted by Gasteiger charge is 2.18. The Morgan fingerprint density at radius 1 is 1.36 bits per heavy atom. The standard InChI is InChI=1S/C11H14O3/c1-8(14-9(2)12)11(13)10-6-4-3-5-7-10/h3-8,11,13H,1-2H3/t8-,11+/m0/s1. The third kappa shape index (κ3) is 2.85. The molecule has 0 aromatic heterocycles. The summed E-state index contributed by atoms with van der Waals surface area (Å²) >= 11 is 0. The third-order valence-electron chi connectivity index (χ3n) is 1.94. The van der Waals surface area contributed by atoms with Gasteiger partial charge in [0.05, 0.1) is 0 Å². The Balaban J connectivity index is 2.65. The molecule has 1 rings (SSSR count). The molecular weight excluding hydrogens is 180 g/mol. The van der Waals surface area contributed by atoms with Crippen LogP contribution in [-0.4, -0.2) is 17.2 Å². The Labute approximate surface area is 83.3 Å². The van der Waals surface area contributed by atoms with E-state index < -0.39 is 12.2 Å². The molecule has 3 nitrogen and oxygen atoms in total.